The number of hydrogen-bond acceptors (Lipinski definition) is 3. The number of fused-ring (bicyclic) bond motifs is 1. The van der Waals surface area contributed by atoms with Crippen LogP contribution in [0.2, 0.25) is 0 Å². The highest BCUT2D eigenvalue weighted by Gasteiger charge is 2.14. The van der Waals surface area contributed by atoms with Gasteiger partial charge in [0.15, 0.2) is 6.61 Å². The molecule has 1 amide bonds. The van der Waals surface area contributed by atoms with Crippen molar-refractivity contribution in [2.75, 3.05) is 11.9 Å². The Morgan fingerprint density at radius 3 is 2.39 bits per heavy atom. The van der Waals surface area contributed by atoms with Crippen molar-refractivity contribution in [3.8, 4) is 16.9 Å². The minimum Gasteiger partial charge on any atom is -0.482 e. The first-order valence-corrected chi connectivity index (χ1v) is 9.86. The minimum absolute atomic E-state index is 0.243. The molecule has 5 nitrogen and oxygen atoms in total. The predicted octanol–water partition coefficient (Wildman–Crippen LogP) is 5.53. The molecule has 0 bridgehead atoms. The number of aryl methyl sites for hydroxylation is 1. The summed E-state index contributed by atoms with van der Waals surface area (Å²) in [5, 5.41) is 13.6. The normalized spacial score (nSPS) is 10.6. The molecular formula is C26H21NO4. The van der Waals surface area contributed by atoms with Gasteiger partial charge in [-0.2, -0.15) is 0 Å². The van der Waals surface area contributed by atoms with Gasteiger partial charge in [0.1, 0.15) is 5.75 Å². The Bertz CT molecular complexity index is 1270. The molecule has 0 saturated carbocycles. The van der Waals surface area contributed by atoms with Crippen molar-refractivity contribution in [3.63, 3.8) is 0 Å². The molecule has 4 aromatic rings. The number of carboxylic acids is 1. The summed E-state index contributed by atoms with van der Waals surface area (Å²) in [4.78, 5) is 24.1. The van der Waals surface area contributed by atoms with E-state index in [-0.39, 0.29) is 5.91 Å². The Balaban J connectivity index is 1.71. The fourth-order valence-electron chi connectivity index (χ4n) is 3.46. The third kappa shape index (κ3) is 4.56. The van der Waals surface area contributed by atoms with Gasteiger partial charge in [-0.1, -0.05) is 60.7 Å². The number of hydrogen-bond donors (Lipinski definition) is 2. The van der Waals surface area contributed by atoms with Crippen molar-refractivity contribution in [2.24, 2.45) is 0 Å². The van der Waals surface area contributed by atoms with Gasteiger partial charge in [-0.25, -0.2) is 4.79 Å². The molecule has 2 N–H and O–H groups in total. The number of ether oxygens (including phenoxy) is 1. The molecule has 0 fully saturated rings. The summed E-state index contributed by atoms with van der Waals surface area (Å²) in [6, 6.07) is 26.8. The molecule has 0 saturated heterocycles. The molecular weight excluding hydrogens is 390 g/mol. The van der Waals surface area contributed by atoms with Crippen LogP contribution in [0.1, 0.15) is 15.9 Å². The molecule has 0 aliphatic heterocycles. The van der Waals surface area contributed by atoms with Gasteiger partial charge in [-0.15, -0.1) is 0 Å². The van der Waals surface area contributed by atoms with E-state index in [0.717, 1.165) is 27.5 Å². The molecule has 31 heavy (non-hydrogen) atoms. The van der Waals surface area contributed by atoms with E-state index in [2.05, 4.69) is 11.4 Å². The number of amides is 1. The third-order valence-corrected chi connectivity index (χ3v) is 5.03. The van der Waals surface area contributed by atoms with E-state index in [0.29, 0.717) is 17.0 Å². The van der Waals surface area contributed by atoms with Crippen LogP contribution >= 0.6 is 0 Å². The maximum atomic E-state index is 13.3. The first kappa shape index (κ1) is 20.2. The molecule has 0 radical (unpaired) electrons. The highest BCUT2D eigenvalue weighted by atomic mass is 16.5. The van der Waals surface area contributed by atoms with Crippen molar-refractivity contribution in [1.29, 1.82) is 0 Å². The van der Waals surface area contributed by atoms with Crippen LogP contribution in [0.3, 0.4) is 0 Å². The second kappa shape index (κ2) is 8.71. The average Bonchev–Trinajstić information content (AvgIpc) is 2.79. The van der Waals surface area contributed by atoms with E-state index in [1.165, 1.54) is 0 Å². The first-order chi connectivity index (χ1) is 15.0. The molecule has 0 atom stereocenters. The Morgan fingerprint density at radius 2 is 1.61 bits per heavy atom. The molecule has 4 aromatic carbocycles. The van der Waals surface area contributed by atoms with Crippen LogP contribution in [0.5, 0.6) is 5.75 Å². The average molecular weight is 411 g/mol. The predicted molar refractivity (Wildman–Crippen MR) is 122 cm³/mol. The quantitative estimate of drug-likeness (QED) is 0.437. The number of benzene rings is 4. The summed E-state index contributed by atoms with van der Waals surface area (Å²) in [5.74, 6) is -0.922. The van der Waals surface area contributed by atoms with Crippen molar-refractivity contribution < 1.29 is 19.4 Å². The van der Waals surface area contributed by atoms with E-state index < -0.39 is 12.6 Å². The molecule has 4 rings (SSSR count). The molecule has 0 aliphatic rings. The third-order valence-electron chi connectivity index (χ3n) is 5.03. The fraction of sp³-hybridized carbons (Fsp3) is 0.0769. The Hall–Kier alpha value is -4.12. The van der Waals surface area contributed by atoms with Crippen LogP contribution in [0.25, 0.3) is 21.9 Å². The van der Waals surface area contributed by atoms with Crippen LogP contribution in [-0.2, 0) is 4.79 Å². The Labute approximate surface area is 179 Å². The Morgan fingerprint density at radius 1 is 0.871 bits per heavy atom. The summed E-state index contributed by atoms with van der Waals surface area (Å²) in [7, 11) is 0. The van der Waals surface area contributed by atoms with Crippen LogP contribution in [0.4, 0.5) is 5.69 Å². The van der Waals surface area contributed by atoms with Crippen molar-refractivity contribution in [3.05, 3.63) is 96.1 Å². The van der Waals surface area contributed by atoms with E-state index in [9.17, 15) is 9.59 Å². The van der Waals surface area contributed by atoms with E-state index in [1.807, 2.05) is 67.6 Å². The SMILES string of the molecule is Cc1ccc(OCC(=O)O)cc1NC(=O)c1cc(-c2ccccc2)cc2ccccc12. The zero-order valence-corrected chi connectivity index (χ0v) is 17.0. The van der Waals surface area contributed by atoms with Gasteiger partial charge in [0.2, 0.25) is 0 Å². The lowest BCUT2D eigenvalue weighted by atomic mass is 9.96. The van der Waals surface area contributed by atoms with Crippen LogP contribution in [0.15, 0.2) is 84.9 Å². The number of carbonyl (C=O) groups is 2. The van der Waals surface area contributed by atoms with Crippen molar-refractivity contribution in [1.82, 2.24) is 0 Å². The van der Waals surface area contributed by atoms with Gasteiger partial charge in [0.25, 0.3) is 5.91 Å². The number of carbonyl (C=O) groups excluding carboxylic acids is 1. The van der Waals surface area contributed by atoms with Crippen LogP contribution in [-0.4, -0.2) is 23.6 Å². The van der Waals surface area contributed by atoms with E-state index >= 15 is 0 Å². The number of aliphatic carboxylic acids is 1. The Kier molecular flexibility index (Phi) is 5.67. The molecule has 0 spiro atoms. The van der Waals surface area contributed by atoms with Gasteiger partial charge >= 0.3 is 5.97 Å². The van der Waals surface area contributed by atoms with Gasteiger partial charge in [0.05, 0.1) is 0 Å². The number of nitrogens with one attached hydrogen (secondary N) is 1. The zero-order valence-electron chi connectivity index (χ0n) is 17.0. The van der Waals surface area contributed by atoms with E-state index in [4.69, 9.17) is 9.84 Å². The lowest BCUT2D eigenvalue weighted by Gasteiger charge is -2.14. The van der Waals surface area contributed by atoms with Gasteiger partial charge < -0.3 is 15.2 Å². The number of carboxylic acid groups (broad SMARTS) is 1. The fourth-order valence-corrected chi connectivity index (χ4v) is 3.46. The number of anilines is 1. The molecule has 0 unspecified atom stereocenters. The molecule has 0 aliphatic carbocycles. The first-order valence-electron chi connectivity index (χ1n) is 9.86. The van der Waals surface area contributed by atoms with Crippen molar-refractivity contribution in [2.45, 2.75) is 6.92 Å². The summed E-state index contributed by atoms with van der Waals surface area (Å²) >= 11 is 0. The highest BCUT2D eigenvalue weighted by Crippen LogP contribution is 2.29. The highest BCUT2D eigenvalue weighted by molar-refractivity contribution is 6.14. The standard InChI is InChI=1S/C26H21NO4/c1-17-11-12-21(31-16-25(28)29)15-24(17)27-26(30)23-14-20(18-7-3-2-4-8-18)13-19-9-5-6-10-22(19)23/h2-15H,16H2,1H3,(H,27,30)(H,28,29). The molecule has 0 aromatic heterocycles. The van der Waals surface area contributed by atoms with Crippen LogP contribution in [0, 0.1) is 6.92 Å². The molecule has 5 heteroatoms. The van der Waals surface area contributed by atoms with Gasteiger partial charge in [-0.3, -0.25) is 4.79 Å². The maximum absolute atomic E-state index is 13.3. The summed E-state index contributed by atoms with van der Waals surface area (Å²) in [6.45, 7) is 1.43. The molecule has 154 valence electrons. The number of rotatable bonds is 6. The zero-order chi connectivity index (χ0) is 21.8. The van der Waals surface area contributed by atoms with Gasteiger partial charge in [0, 0.05) is 17.3 Å². The second-order valence-corrected chi connectivity index (χ2v) is 7.22. The lowest BCUT2D eigenvalue weighted by molar-refractivity contribution is -0.139. The van der Waals surface area contributed by atoms with Crippen molar-refractivity contribution >= 4 is 28.3 Å². The summed E-state index contributed by atoms with van der Waals surface area (Å²) < 4.78 is 5.25. The maximum Gasteiger partial charge on any atom is 0.341 e. The van der Waals surface area contributed by atoms with E-state index in [1.54, 1.807) is 18.2 Å². The lowest BCUT2D eigenvalue weighted by Crippen LogP contribution is -2.14. The summed E-state index contributed by atoms with van der Waals surface area (Å²) in [5.41, 5.74) is 3.97. The largest absolute Gasteiger partial charge is 0.482 e. The minimum atomic E-state index is -1.06. The molecule has 0 heterocycles. The second-order valence-electron chi connectivity index (χ2n) is 7.22. The smallest absolute Gasteiger partial charge is 0.341 e. The summed E-state index contributed by atoms with van der Waals surface area (Å²) in [6.07, 6.45) is 0. The van der Waals surface area contributed by atoms with Crippen LogP contribution < -0.4 is 10.1 Å². The monoisotopic (exact) mass is 411 g/mol. The van der Waals surface area contributed by atoms with Gasteiger partial charge in [-0.05, 0) is 52.6 Å². The topological polar surface area (TPSA) is 75.6 Å².